The molecule has 1 heterocycles. The summed E-state index contributed by atoms with van der Waals surface area (Å²) in [5.74, 6) is -1.16. The molecule has 1 atom stereocenters. The number of amides is 1. The lowest BCUT2D eigenvalue weighted by atomic mass is 9.74. The van der Waals surface area contributed by atoms with Crippen LogP contribution < -0.4 is 5.32 Å². The molecule has 1 aliphatic carbocycles. The summed E-state index contributed by atoms with van der Waals surface area (Å²) in [5.41, 5.74) is -0.904. The number of carboxylic acids is 1. The van der Waals surface area contributed by atoms with Crippen molar-refractivity contribution >= 4 is 21.9 Å². The Morgan fingerprint density at radius 1 is 1.20 bits per heavy atom. The van der Waals surface area contributed by atoms with Crippen LogP contribution in [0.1, 0.15) is 64.7 Å². The Balaban J connectivity index is 2.00. The molecule has 1 unspecified atom stereocenters. The molecular formula is C17H30N2O5S. The minimum Gasteiger partial charge on any atom is -0.481 e. The number of nitrogens with one attached hydrogen (secondary N) is 1. The van der Waals surface area contributed by atoms with Crippen LogP contribution in [0.2, 0.25) is 0 Å². The molecule has 2 fully saturated rings. The minimum atomic E-state index is -3.43. The molecule has 8 heteroatoms. The monoisotopic (exact) mass is 374 g/mol. The number of nitrogens with zero attached hydrogens (tertiary/aromatic N) is 1. The molecule has 0 radical (unpaired) electrons. The predicted molar refractivity (Wildman–Crippen MR) is 94.6 cm³/mol. The van der Waals surface area contributed by atoms with E-state index >= 15 is 0 Å². The molecule has 1 saturated carbocycles. The first kappa shape index (κ1) is 20.2. The highest BCUT2D eigenvalue weighted by atomic mass is 32.2. The molecule has 0 spiro atoms. The van der Waals surface area contributed by atoms with Gasteiger partial charge in [-0.2, -0.15) is 4.31 Å². The van der Waals surface area contributed by atoms with Crippen LogP contribution in [0.3, 0.4) is 0 Å². The Kier molecular flexibility index (Phi) is 6.85. The van der Waals surface area contributed by atoms with Crippen LogP contribution in [0.4, 0.5) is 0 Å². The second-order valence-electron chi connectivity index (χ2n) is 7.30. The van der Waals surface area contributed by atoms with Gasteiger partial charge in [0.25, 0.3) is 0 Å². The summed E-state index contributed by atoms with van der Waals surface area (Å²) in [6.45, 7) is 2.38. The summed E-state index contributed by atoms with van der Waals surface area (Å²) in [6.07, 6.45) is 6.37. The molecule has 1 amide bonds. The second-order valence-corrected chi connectivity index (χ2v) is 9.34. The number of carbonyl (C=O) groups excluding carboxylic acids is 1. The van der Waals surface area contributed by atoms with Crippen LogP contribution in [0.25, 0.3) is 0 Å². The van der Waals surface area contributed by atoms with Crippen molar-refractivity contribution in [1.82, 2.24) is 9.62 Å². The van der Waals surface area contributed by atoms with Gasteiger partial charge in [0, 0.05) is 13.1 Å². The normalized spacial score (nSPS) is 24.1. The molecular weight excluding hydrogens is 344 g/mol. The maximum atomic E-state index is 12.6. The van der Waals surface area contributed by atoms with Crippen molar-refractivity contribution in [3.63, 3.8) is 0 Å². The third-order valence-electron chi connectivity index (χ3n) is 5.48. The van der Waals surface area contributed by atoms with Crippen molar-refractivity contribution < 1.29 is 23.1 Å². The fourth-order valence-electron chi connectivity index (χ4n) is 3.85. The molecule has 2 N–H and O–H groups in total. The van der Waals surface area contributed by atoms with Crippen molar-refractivity contribution in [2.45, 2.75) is 70.8 Å². The quantitative estimate of drug-likeness (QED) is 0.673. The first-order valence-electron chi connectivity index (χ1n) is 9.33. The molecule has 0 bridgehead atoms. The Morgan fingerprint density at radius 3 is 2.48 bits per heavy atom. The van der Waals surface area contributed by atoms with Gasteiger partial charge in [-0.25, -0.2) is 8.42 Å². The summed E-state index contributed by atoms with van der Waals surface area (Å²) in [6, 6.07) is -0.698. The number of hydrogen-bond donors (Lipinski definition) is 2. The Bertz CT molecular complexity index is 584. The van der Waals surface area contributed by atoms with E-state index in [2.05, 4.69) is 5.32 Å². The Labute approximate surface area is 150 Å². The van der Waals surface area contributed by atoms with E-state index in [0.717, 1.165) is 25.7 Å². The van der Waals surface area contributed by atoms with E-state index in [9.17, 15) is 23.1 Å². The van der Waals surface area contributed by atoms with Gasteiger partial charge in [0.15, 0.2) is 0 Å². The van der Waals surface area contributed by atoms with Gasteiger partial charge in [-0.1, -0.05) is 32.6 Å². The molecule has 0 aromatic carbocycles. The minimum absolute atomic E-state index is 0.0618. The van der Waals surface area contributed by atoms with E-state index in [0.29, 0.717) is 38.6 Å². The number of sulfonamides is 1. The fraction of sp³-hybridized carbons (Fsp3) is 0.882. The summed E-state index contributed by atoms with van der Waals surface area (Å²) in [7, 11) is -3.43. The van der Waals surface area contributed by atoms with Crippen LogP contribution in [0.15, 0.2) is 0 Å². The van der Waals surface area contributed by atoms with Crippen molar-refractivity contribution in [3.05, 3.63) is 0 Å². The number of carbonyl (C=O) groups is 2. The van der Waals surface area contributed by atoms with E-state index in [4.69, 9.17) is 0 Å². The summed E-state index contributed by atoms with van der Waals surface area (Å²) < 4.78 is 26.2. The van der Waals surface area contributed by atoms with E-state index in [-0.39, 0.29) is 18.2 Å². The zero-order valence-electron chi connectivity index (χ0n) is 15.0. The smallest absolute Gasteiger partial charge is 0.311 e. The third-order valence-corrected chi connectivity index (χ3v) is 7.44. The van der Waals surface area contributed by atoms with Crippen LogP contribution in [-0.2, 0) is 19.6 Å². The molecule has 25 heavy (non-hydrogen) atoms. The van der Waals surface area contributed by atoms with Crippen molar-refractivity contribution in [1.29, 1.82) is 0 Å². The van der Waals surface area contributed by atoms with Gasteiger partial charge in [-0.05, 0) is 32.1 Å². The topological polar surface area (TPSA) is 104 Å². The van der Waals surface area contributed by atoms with Crippen LogP contribution >= 0.6 is 0 Å². The van der Waals surface area contributed by atoms with Crippen molar-refractivity contribution in [2.24, 2.45) is 5.41 Å². The number of rotatable bonds is 8. The summed E-state index contributed by atoms with van der Waals surface area (Å²) in [5, 5.41) is 12.3. The van der Waals surface area contributed by atoms with Gasteiger partial charge in [0.05, 0.1) is 11.2 Å². The molecule has 1 aliphatic heterocycles. The molecule has 0 aromatic heterocycles. The van der Waals surface area contributed by atoms with E-state index < -0.39 is 27.4 Å². The van der Waals surface area contributed by atoms with Gasteiger partial charge < -0.3 is 10.4 Å². The first-order chi connectivity index (χ1) is 11.8. The highest BCUT2D eigenvalue weighted by Gasteiger charge is 2.42. The number of carboxylic acid groups (broad SMARTS) is 1. The standard InChI is InChI=1S/C17H30N2O5S/c1-2-3-12-25(23,24)19-11-7-8-14(19)15(20)18-13-17(16(21)22)9-5-4-6-10-17/h14H,2-13H2,1H3,(H,18,20)(H,21,22). The lowest BCUT2D eigenvalue weighted by Crippen LogP contribution is -2.51. The zero-order valence-corrected chi connectivity index (χ0v) is 15.8. The number of hydrogen-bond acceptors (Lipinski definition) is 4. The lowest BCUT2D eigenvalue weighted by molar-refractivity contribution is -0.151. The van der Waals surface area contributed by atoms with Crippen molar-refractivity contribution in [3.8, 4) is 0 Å². The number of aliphatic carboxylic acids is 1. The lowest BCUT2D eigenvalue weighted by Gasteiger charge is -2.34. The van der Waals surface area contributed by atoms with Crippen LogP contribution in [0.5, 0.6) is 0 Å². The molecule has 7 nitrogen and oxygen atoms in total. The van der Waals surface area contributed by atoms with E-state index in [1.165, 1.54) is 4.31 Å². The highest BCUT2D eigenvalue weighted by Crippen LogP contribution is 2.36. The van der Waals surface area contributed by atoms with Crippen molar-refractivity contribution in [2.75, 3.05) is 18.8 Å². The average molecular weight is 375 g/mol. The summed E-state index contributed by atoms with van der Waals surface area (Å²) in [4.78, 5) is 24.3. The average Bonchev–Trinajstić information content (AvgIpc) is 3.09. The molecule has 2 aliphatic rings. The molecule has 2 rings (SSSR count). The highest BCUT2D eigenvalue weighted by molar-refractivity contribution is 7.89. The van der Waals surface area contributed by atoms with E-state index in [1.807, 2.05) is 6.92 Å². The molecule has 0 aromatic rings. The predicted octanol–water partition coefficient (Wildman–Crippen LogP) is 1.73. The van der Waals surface area contributed by atoms with Gasteiger partial charge >= 0.3 is 5.97 Å². The second kappa shape index (κ2) is 8.49. The summed E-state index contributed by atoms with van der Waals surface area (Å²) >= 11 is 0. The molecule has 144 valence electrons. The van der Waals surface area contributed by atoms with Gasteiger partial charge in [0.1, 0.15) is 6.04 Å². The van der Waals surface area contributed by atoms with E-state index in [1.54, 1.807) is 0 Å². The Morgan fingerprint density at radius 2 is 1.88 bits per heavy atom. The first-order valence-corrected chi connectivity index (χ1v) is 10.9. The van der Waals surface area contributed by atoms with Crippen LogP contribution in [-0.4, -0.2) is 54.6 Å². The SMILES string of the molecule is CCCCS(=O)(=O)N1CCCC1C(=O)NCC1(C(=O)O)CCCCC1. The zero-order chi connectivity index (χ0) is 18.5. The maximum absolute atomic E-state index is 12.6. The Hall–Kier alpha value is -1.15. The van der Waals surface area contributed by atoms with Gasteiger partial charge in [-0.3, -0.25) is 9.59 Å². The molecule has 1 saturated heterocycles. The van der Waals surface area contributed by atoms with Gasteiger partial charge in [-0.15, -0.1) is 0 Å². The third kappa shape index (κ3) is 4.73. The van der Waals surface area contributed by atoms with Crippen LogP contribution in [0, 0.1) is 5.41 Å². The fourth-order valence-corrected chi connectivity index (χ4v) is 5.73. The largest absolute Gasteiger partial charge is 0.481 e. The maximum Gasteiger partial charge on any atom is 0.311 e. The number of unbranched alkanes of at least 4 members (excludes halogenated alkanes) is 1. The van der Waals surface area contributed by atoms with Gasteiger partial charge in [0.2, 0.25) is 15.9 Å².